The first kappa shape index (κ1) is 16.9. The van der Waals surface area contributed by atoms with Crippen LogP contribution in [0.15, 0.2) is 48.5 Å². The minimum Gasteiger partial charge on any atom is -0.320 e. The van der Waals surface area contributed by atoms with E-state index >= 15 is 0 Å². The second kappa shape index (κ2) is 7.30. The summed E-state index contributed by atoms with van der Waals surface area (Å²) < 4.78 is 13.7. The fourth-order valence-corrected chi connectivity index (χ4v) is 2.75. The molecule has 1 saturated heterocycles. The first-order chi connectivity index (χ1) is 12.0. The quantitative estimate of drug-likeness (QED) is 0.859. The second-order valence-electron chi connectivity index (χ2n) is 6.05. The molecule has 2 aromatic rings. The lowest BCUT2D eigenvalue weighted by atomic mass is 10.2. The molecule has 5 heteroatoms. The lowest BCUT2D eigenvalue weighted by Gasteiger charge is -2.15. The zero-order valence-electron chi connectivity index (χ0n) is 14.0. The molecule has 0 radical (unpaired) electrons. The largest absolute Gasteiger partial charge is 0.320 e. The fraction of sp³-hybridized carbons (Fsp3) is 0.200. The monoisotopic (exact) mass is 338 g/mol. The third-order valence-electron chi connectivity index (χ3n) is 4.09. The van der Waals surface area contributed by atoms with E-state index in [1.54, 1.807) is 24.0 Å². The van der Waals surface area contributed by atoms with Crippen molar-refractivity contribution in [1.29, 1.82) is 0 Å². The van der Waals surface area contributed by atoms with Crippen molar-refractivity contribution in [3.05, 3.63) is 65.5 Å². The number of benzene rings is 2. The summed E-state index contributed by atoms with van der Waals surface area (Å²) in [6.45, 7) is 2.53. The molecule has 0 aliphatic carbocycles. The summed E-state index contributed by atoms with van der Waals surface area (Å²) in [5, 5.41) is 2.52. The molecule has 0 unspecified atom stereocenters. The molecule has 2 aromatic carbocycles. The second-order valence-corrected chi connectivity index (χ2v) is 6.05. The Morgan fingerprint density at radius 1 is 1.20 bits per heavy atom. The van der Waals surface area contributed by atoms with Crippen LogP contribution in [0.3, 0.4) is 0 Å². The summed E-state index contributed by atoms with van der Waals surface area (Å²) in [6.07, 6.45) is 4.49. The molecular weight excluding hydrogens is 319 g/mol. The van der Waals surface area contributed by atoms with Crippen molar-refractivity contribution in [2.45, 2.75) is 19.8 Å². The van der Waals surface area contributed by atoms with Crippen molar-refractivity contribution in [3.63, 3.8) is 0 Å². The highest BCUT2D eigenvalue weighted by atomic mass is 19.1. The van der Waals surface area contributed by atoms with Gasteiger partial charge in [-0.25, -0.2) is 4.39 Å². The molecule has 3 rings (SSSR count). The van der Waals surface area contributed by atoms with Crippen LogP contribution in [0.4, 0.5) is 15.8 Å². The summed E-state index contributed by atoms with van der Waals surface area (Å²) in [6, 6.07) is 12.1. The maximum atomic E-state index is 13.7. The van der Waals surface area contributed by atoms with E-state index in [1.165, 1.54) is 18.2 Å². The summed E-state index contributed by atoms with van der Waals surface area (Å²) in [7, 11) is 0. The van der Waals surface area contributed by atoms with Crippen LogP contribution in [-0.4, -0.2) is 18.4 Å². The molecule has 0 spiro atoms. The number of hydrogen-bond acceptors (Lipinski definition) is 2. The lowest BCUT2D eigenvalue weighted by Crippen LogP contribution is -2.23. The van der Waals surface area contributed by atoms with Gasteiger partial charge in [-0.1, -0.05) is 18.2 Å². The number of amides is 2. The Morgan fingerprint density at radius 3 is 2.60 bits per heavy atom. The molecule has 0 aromatic heterocycles. The number of carbonyl (C=O) groups is 2. The smallest absolute Gasteiger partial charge is 0.248 e. The maximum Gasteiger partial charge on any atom is 0.248 e. The first-order valence-electron chi connectivity index (χ1n) is 8.18. The van der Waals surface area contributed by atoms with E-state index in [1.807, 2.05) is 24.3 Å². The van der Waals surface area contributed by atoms with Crippen LogP contribution in [0, 0.1) is 12.7 Å². The third kappa shape index (κ3) is 4.12. The average Bonchev–Trinajstić information content (AvgIpc) is 3.02. The Kier molecular flexibility index (Phi) is 4.93. The van der Waals surface area contributed by atoms with Crippen molar-refractivity contribution >= 4 is 29.3 Å². The number of hydrogen-bond donors (Lipinski definition) is 1. The molecule has 1 fully saturated rings. The van der Waals surface area contributed by atoms with Crippen molar-refractivity contribution in [2.24, 2.45) is 0 Å². The summed E-state index contributed by atoms with van der Waals surface area (Å²) >= 11 is 0. The Bertz CT molecular complexity index is 828. The first-order valence-corrected chi connectivity index (χ1v) is 8.18. The van der Waals surface area contributed by atoms with Gasteiger partial charge in [0, 0.05) is 24.7 Å². The lowest BCUT2D eigenvalue weighted by molar-refractivity contribution is -0.117. The van der Waals surface area contributed by atoms with Crippen LogP contribution in [0.2, 0.25) is 0 Å². The highest BCUT2D eigenvalue weighted by Crippen LogP contribution is 2.22. The zero-order valence-corrected chi connectivity index (χ0v) is 14.0. The molecule has 0 atom stereocenters. The number of rotatable bonds is 4. The number of nitrogens with zero attached hydrogens (tertiary/aromatic N) is 1. The van der Waals surface area contributed by atoms with Gasteiger partial charge in [0.15, 0.2) is 0 Å². The van der Waals surface area contributed by atoms with E-state index < -0.39 is 11.7 Å². The van der Waals surface area contributed by atoms with Gasteiger partial charge in [0.05, 0.1) is 5.69 Å². The molecule has 2 amide bonds. The molecule has 1 aliphatic rings. The highest BCUT2D eigenvalue weighted by molar-refractivity contribution is 6.02. The van der Waals surface area contributed by atoms with E-state index in [0.29, 0.717) is 6.42 Å². The van der Waals surface area contributed by atoms with Crippen LogP contribution in [0.5, 0.6) is 0 Å². The molecule has 4 nitrogen and oxygen atoms in total. The van der Waals surface area contributed by atoms with E-state index in [-0.39, 0.29) is 11.6 Å². The molecular formula is C20H19FN2O2. The topological polar surface area (TPSA) is 49.4 Å². The van der Waals surface area contributed by atoms with Crippen LogP contribution in [-0.2, 0) is 9.59 Å². The van der Waals surface area contributed by atoms with Crippen LogP contribution in [0.25, 0.3) is 6.08 Å². The predicted molar refractivity (Wildman–Crippen MR) is 96.8 cm³/mol. The SMILES string of the molecule is Cc1ccc(NC(=O)/C=C/c2ccc(N3CCCC3=O)cc2)c(F)c1. The number of carbonyl (C=O) groups excluding carboxylic acids is 2. The highest BCUT2D eigenvalue weighted by Gasteiger charge is 2.21. The molecule has 1 heterocycles. The van der Waals surface area contributed by atoms with Gasteiger partial charge in [0.2, 0.25) is 11.8 Å². The third-order valence-corrected chi connectivity index (χ3v) is 4.09. The van der Waals surface area contributed by atoms with E-state index in [0.717, 1.165) is 29.8 Å². The van der Waals surface area contributed by atoms with Gasteiger partial charge in [-0.15, -0.1) is 0 Å². The Balaban J connectivity index is 1.63. The van der Waals surface area contributed by atoms with Gasteiger partial charge in [-0.05, 0) is 54.8 Å². The van der Waals surface area contributed by atoms with Crippen molar-refractivity contribution in [2.75, 3.05) is 16.8 Å². The summed E-state index contributed by atoms with van der Waals surface area (Å²) in [5.41, 5.74) is 2.64. The van der Waals surface area contributed by atoms with E-state index in [2.05, 4.69) is 5.32 Å². The van der Waals surface area contributed by atoms with Crippen molar-refractivity contribution < 1.29 is 14.0 Å². The number of aryl methyl sites for hydroxylation is 1. The Hall–Kier alpha value is -2.95. The van der Waals surface area contributed by atoms with Gasteiger partial charge in [0.1, 0.15) is 5.82 Å². The average molecular weight is 338 g/mol. The van der Waals surface area contributed by atoms with Crippen LogP contribution < -0.4 is 10.2 Å². The van der Waals surface area contributed by atoms with Crippen molar-refractivity contribution in [1.82, 2.24) is 0 Å². The van der Waals surface area contributed by atoms with Gasteiger partial charge in [-0.2, -0.15) is 0 Å². The minimum atomic E-state index is -0.457. The van der Waals surface area contributed by atoms with Gasteiger partial charge in [-0.3, -0.25) is 9.59 Å². The number of anilines is 2. The van der Waals surface area contributed by atoms with E-state index in [4.69, 9.17) is 0 Å². The molecule has 1 aliphatic heterocycles. The van der Waals surface area contributed by atoms with Gasteiger partial charge < -0.3 is 10.2 Å². The van der Waals surface area contributed by atoms with Crippen molar-refractivity contribution in [3.8, 4) is 0 Å². The minimum absolute atomic E-state index is 0.141. The number of nitrogens with one attached hydrogen (secondary N) is 1. The van der Waals surface area contributed by atoms with Gasteiger partial charge in [0.25, 0.3) is 0 Å². The molecule has 128 valence electrons. The normalized spacial score (nSPS) is 14.3. The standard InChI is InChI=1S/C20H19FN2O2/c1-14-4-10-18(17(21)13-14)22-19(24)11-7-15-5-8-16(9-6-15)23-12-2-3-20(23)25/h4-11,13H,2-3,12H2,1H3,(H,22,24)/b11-7+. The zero-order chi connectivity index (χ0) is 17.8. The fourth-order valence-electron chi connectivity index (χ4n) is 2.75. The summed E-state index contributed by atoms with van der Waals surface area (Å²) in [5.74, 6) is -0.717. The van der Waals surface area contributed by atoms with Crippen LogP contribution >= 0.6 is 0 Å². The number of halogens is 1. The Morgan fingerprint density at radius 2 is 1.96 bits per heavy atom. The Labute approximate surface area is 146 Å². The molecule has 1 N–H and O–H groups in total. The molecule has 0 bridgehead atoms. The molecule has 25 heavy (non-hydrogen) atoms. The summed E-state index contributed by atoms with van der Waals surface area (Å²) in [4.78, 5) is 25.4. The maximum absolute atomic E-state index is 13.7. The molecule has 0 saturated carbocycles. The van der Waals surface area contributed by atoms with Crippen LogP contribution in [0.1, 0.15) is 24.0 Å². The van der Waals surface area contributed by atoms with Gasteiger partial charge >= 0.3 is 0 Å². The predicted octanol–water partition coefficient (Wildman–Crippen LogP) is 3.91. The van der Waals surface area contributed by atoms with E-state index in [9.17, 15) is 14.0 Å².